The number of hydrogen-bond acceptors (Lipinski definition) is 7. The molecule has 0 aliphatic carbocycles. The number of nitrogens with one attached hydrogen (secondary N) is 1. The number of methoxy groups -OCH3 is 3. The highest BCUT2D eigenvalue weighted by molar-refractivity contribution is 5.94. The van der Waals surface area contributed by atoms with Gasteiger partial charge in [-0.2, -0.15) is 0 Å². The van der Waals surface area contributed by atoms with Gasteiger partial charge in [-0.1, -0.05) is 6.07 Å². The van der Waals surface area contributed by atoms with Gasteiger partial charge in [0, 0.05) is 19.8 Å². The number of ether oxygens (including phenoxy) is 3. The van der Waals surface area contributed by atoms with Crippen molar-refractivity contribution in [1.82, 2.24) is 9.13 Å². The van der Waals surface area contributed by atoms with Crippen molar-refractivity contribution in [2.24, 2.45) is 14.1 Å². The van der Waals surface area contributed by atoms with E-state index in [9.17, 15) is 14.4 Å². The van der Waals surface area contributed by atoms with Crippen molar-refractivity contribution in [2.45, 2.75) is 12.8 Å². The minimum atomic E-state index is -0.760. The molecule has 2 aromatic rings. The summed E-state index contributed by atoms with van der Waals surface area (Å²) in [5.74, 6) is -0.0314. The molecule has 0 bridgehead atoms. The topological polar surface area (TPSA) is 101 Å². The third-order valence-electron chi connectivity index (χ3n) is 5.13. The Hall–Kier alpha value is -3.49. The maximum absolute atomic E-state index is 13.1. The predicted octanol–water partition coefficient (Wildman–Crippen LogP) is 1.11. The van der Waals surface area contributed by atoms with E-state index in [4.69, 9.17) is 14.2 Å². The Balaban J connectivity index is 2.41. The summed E-state index contributed by atoms with van der Waals surface area (Å²) in [6.07, 6.45) is 0. The highest BCUT2D eigenvalue weighted by Gasteiger charge is 2.37. The number of anilines is 1. The molecule has 1 aromatic heterocycles. The van der Waals surface area contributed by atoms with Crippen molar-refractivity contribution in [3.63, 3.8) is 0 Å². The Morgan fingerprint density at radius 2 is 1.69 bits per heavy atom. The van der Waals surface area contributed by atoms with E-state index in [0.29, 0.717) is 28.6 Å². The normalized spacial score (nSPS) is 15.4. The van der Waals surface area contributed by atoms with Gasteiger partial charge in [0.15, 0.2) is 11.5 Å². The zero-order valence-electron chi connectivity index (χ0n) is 17.2. The number of hydrogen-bond donors (Lipinski definition) is 1. The molecule has 0 spiro atoms. The molecule has 154 valence electrons. The van der Waals surface area contributed by atoms with E-state index in [1.807, 2.05) is 0 Å². The van der Waals surface area contributed by atoms with Gasteiger partial charge in [-0.15, -0.1) is 0 Å². The standard InChI is InChI=1S/C20H23N3O6/c1-10-14(19(25)29-6)15(11-7-8-12(27-4)13(9-11)28-5)16-17(21-10)22(2)20(26)23(3)18(16)24/h7-9,15,21H,1-6H3/t15-/m0/s1. The number of esters is 1. The first-order valence-corrected chi connectivity index (χ1v) is 8.84. The second-order valence-corrected chi connectivity index (χ2v) is 6.67. The number of allylic oxidation sites excluding steroid dienone is 1. The van der Waals surface area contributed by atoms with Crippen LogP contribution in [-0.2, 0) is 23.6 Å². The molecular weight excluding hydrogens is 378 g/mol. The summed E-state index contributed by atoms with van der Waals surface area (Å²) in [5, 5.41) is 3.03. The SMILES string of the molecule is COC(=O)C1=C(C)Nc2c(c(=O)n(C)c(=O)n2C)[C@H]1c1ccc(OC)c(OC)c1. The lowest BCUT2D eigenvalue weighted by Gasteiger charge is -2.30. The zero-order chi connectivity index (χ0) is 21.5. The summed E-state index contributed by atoms with van der Waals surface area (Å²) in [6.45, 7) is 1.70. The summed E-state index contributed by atoms with van der Waals surface area (Å²) in [5.41, 5.74) is 0.704. The summed E-state index contributed by atoms with van der Waals surface area (Å²) in [6, 6.07) is 5.16. The van der Waals surface area contributed by atoms with Crippen LogP contribution in [0.3, 0.4) is 0 Å². The van der Waals surface area contributed by atoms with Crippen molar-refractivity contribution < 1.29 is 19.0 Å². The Bertz CT molecular complexity index is 1140. The molecule has 9 heteroatoms. The van der Waals surface area contributed by atoms with Gasteiger partial charge in [0.2, 0.25) is 0 Å². The minimum Gasteiger partial charge on any atom is -0.493 e. The fraction of sp³-hybridized carbons (Fsp3) is 0.350. The molecule has 0 radical (unpaired) electrons. The second kappa shape index (κ2) is 7.50. The maximum atomic E-state index is 13.1. The molecule has 9 nitrogen and oxygen atoms in total. The number of rotatable bonds is 4. The second-order valence-electron chi connectivity index (χ2n) is 6.67. The maximum Gasteiger partial charge on any atom is 0.336 e. The van der Waals surface area contributed by atoms with Crippen molar-refractivity contribution in [2.75, 3.05) is 26.6 Å². The van der Waals surface area contributed by atoms with Crippen LogP contribution < -0.4 is 26.0 Å². The molecule has 1 atom stereocenters. The van der Waals surface area contributed by atoms with E-state index in [2.05, 4.69) is 5.32 Å². The number of nitrogens with zero attached hydrogens (tertiary/aromatic N) is 2. The molecule has 1 aromatic carbocycles. The van der Waals surface area contributed by atoms with Crippen molar-refractivity contribution in [1.29, 1.82) is 0 Å². The fourth-order valence-corrected chi connectivity index (χ4v) is 3.63. The largest absolute Gasteiger partial charge is 0.493 e. The minimum absolute atomic E-state index is 0.271. The van der Waals surface area contributed by atoms with Gasteiger partial charge in [0.05, 0.1) is 38.4 Å². The van der Waals surface area contributed by atoms with Crippen LogP contribution in [0.5, 0.6) is 11.5 Å². The Labute approximate surface area is 167 Å². The van der Waals surface area contributed by atoms with E-state index < -0.39 is 23.1 Å². The van der Waals surface area contributed by atoms with Crippen LogP contribution in [0.2, 0.25) is 0 Å². The molecule has 0 unspecified atom stereocenters. The van der Waals surface area contributed by atoms with Crippen molar-refractivity contribution in [3.05, 3.63) is 61.4 Å². The monoisotopic (exact) mass is 401 g/mol. The molecule has 0 saturated heterocycles. The number of benzene rings is 1. The Kier molecular flexibility index (Phi) is 5.23. The smallest absolute Gasteiger partial charge is 0.336 e. The van der Waals surface area contributed by atoms with Gasteiger partial charge in [-0.25, -0.2) is 9.59 Å². The molecule has 0 fully saturated rings. The number of fused-ring (bicyclic) bond motifs is 1. The third-order valence-corrected chi connectivity index (χ3v) is 5.13. The number of carbonyl (C=O) groups excluding carboxylic acids is 1. The number of aromatic nitrogens is 2. The first kappa shape index (κ1) is 20.2. The van der Waals surface area contributed by atoms with Crippen LogP contribution in [0.25, 0.3) is 0 Å². The van der Waals surface area contributed by atoms with Gasteiger partial charge in [0.25, 0.3) is 5.56 Å². The van der Waals surface area contributed by atoms with Crippen LogP contribution >= 0.6 is 0 Å². The highest BCUT2D eigenvalue weighted by atomic mass is 16.5. The van der Waals surface area contributed by atoms with Gasteiger partial charge >= 0.3 is 11.7 Å². The summed E-state index contributed by atoms with van der Waals surface area (Å²) < 4.78 is 18.0. The molecule has 29 heavy (non-hydrogen) atoms. The summed E-state index contributed by atoms with van der Waals surface area (Å²) in [7, 11) is 7.27. The molecule has 1 aliphatic heterocycles. The molecule has 0 saturated carbocycles. The Morgan fingerprint density at radius 1 is 1.03 bits per heavy atom. The van der Waals surface area contributed by atoms with Gasteiger partial charge in [-0.05, 0) is 24.6 Å². The van der Waals surface area contributed by atoms with Gasteiger partial charge in [0.1, 0.15) is 5.82 Å². The average Bonchev–Trinajstić information content (AvgIpc) is 2.74. The van der Waals surface area contributed by atoms with E-state index in [1.54, 1.807) is 32.2 Å². The predicted molar refractivity (Wildman–Crippen MR) is 107 cm³/mol. The van der Waals surface area contributed by atoms with E-state index in [-0.39, 0.29) is 11.1 Å². The van der Waals surface area contributed by atoms with Crippen LogP contribution in [-0.4, -0.2) is 36.4 Å². The van der Waals surface area contributed by atoms with Crippen LogP contribution in [0.1, 0.15) is 24.0 Å². The molecule has 2 heterocycles. The lowest BCUT2D eigenvalue weighted by Crippen LogP contribution is -2.43. The third kappa shape index (κ3) is 3.08. The lowest BCUT2D eigenvalue weighted by molar-refractivity contribution is -0.136. The Morgan fingerprint density at radius 3 is 2.28 bits per heavy atom. The van der Waals surface area contributed by atoms with Crippen molar-refractivity contribution >= 4 is 11.8 Å². The quantitative estimate of drug-likeness (QED) is 0.766. The fourth-order valence-electron chi connectivity index (χ4n) is 3.63. The average molecular weight is 401 g/mol. The van der Waals surface area contributed by atoms with E-state index >= 15 is 0 Å². The molecule has 1 N–H and O–H groups in total. The molecular formula is C20H23N3O6. The number of carbonyl (C=O) groups is 1. The van der Waals surface area contributed by atoms with Crippen LogP contribution in [0.15, 0.2) is 39.1 Å². The molecule has 0 amide bonds. The zero-order valence-corrected chi connectivity index (χ0v) is 17.2. The lowest BCUT2D eigenvalue weighted by atomic mass is 9.82. The van der Waals surface area contributed by atoms with Crippen LogP contribution in [0.4, 0.5) is 5.82 Å². The first-order chi connectivity index (χ1) is 13.8. The molecule has 3 rings (SSSR count). The molecule has 1 aliphatic rings. The van der Waals surface area contributed by atoms with E-state index in [0.717, 1.165) is 4.57 Å². The van der Waals surface area contributed by atoms with E-state index in [1.165, 1.54) is 32.9 Å². The van der Waals surface area contributed by atoms with Crippen molar-refractivity contribution in [3.8, 4) is 11.5 Å². The van der Waals surface area contributed by atoms with Gasteiger partial charge in [-0.3, -0.25) is 13.9 Å². The summed E-state index contributed by atoms with van der Waals surface area (Å²) >= 11 is 0. The van der Waals surface area contributed by atoms with Gasteiger partial charge < -0.3 is 19.5 Å². The summed E-state index contributed by atoms with van der Waals surface area (Å²) in [4.78, 5) is 38.1. The van der Waals surface area contributed by atoms with Crippen LogP contribution in [0, 0.1) is 0 Å². The first-order valence-electron chi connectivity index (χ1n) is 8.84. The highest BCUT2D eigenvalue weighted by Crippen LogP contribution is 2.42.